The highest BCUT2D eigenvalue weighted by Crippen LogP contribution is 2.39. The van der Waals surface area contributed by atoms with Crippen LogP contribution in [0.2, 0.25) is 0 Å². The standard InChI is InChI=1S/C22H29N3O2/c1-2-25-9-7-15(8-10-25)22(27)24-21(17-12-19(26)13-17)18-11-16-5-3-4-6-20(16)23-14-18/h3-6,11,14-15,17,19,21,26H,2,7-10,12-13H2,1H3,(H,24,27). The van der Waals surface area contributed by atoms with Crippen molar-refractivity contribution in [1.29, 1.82) is 0 Å². The number of aromatic nitrogens is 1. The molecule has 0 bridgehead atoms. The lowest BCUT2D eigenvalue weighted by molar-refractivity contribution is -0.128. The molecule has 144 valence electrons. The van der Waals surface area contributed by atoms with Crippen molar-refractivity contribution in [1.82, 2.24) is 15.2 Å². The van der Waals surface area contributed by atoms with Gasteiger partial charge in [-0.1, -0.05) is 25.1 Å². The summed E-state index contributed by atoms with van der Waals surface area (Å²) < 4.78 is 0. The number of hydrogen-bond acceptors (Lipinski definition) is 4. The Balaban J connectivity index is 1.51. The molecular formula is C22H29N3O2. The molecule has 1 saturated heterocycles. The number of nitrogens with zero attached hydrogens (tertiary/aromatic N) is 2. The van der Waals surface area contributed by atoms with Crippen molar-refractivity contribution in [2.24, 2.45) is 11.8 Å². The van der Waals surface area contributed by atoms with Gasteiger partial charge in [0, 0.05) is 17.5 Å². The lowest BCUT2D eigenvalue weighted by Crippen LogP contribution is -2.45. The molecule has 2 fully saturated rings. The van der Waals surface area contributed by atoms with Crippen LogP contribution in [0.15, 0.2) is 36.5 Å². The number of rotatable bonds is 5. The van der Waals surface area contributed by atoms with Crippen molar-refractivity contribution in [3.8, 4) is 0 Å². The number of amides is 1. The predicted octanol–water partition coefficient (Wildman–Crippen LogP) is 2.89. The van der Waals surface area contributed by atoms with Gasteiger partial charge in [-0.2, -0.15) is 0 Å². The van der Waals surface area contributed by atoms with E-state index in [2.05, 4.69) is 34.3 Å². The zero-order valence-electron chi connectivity index (χ0n) is 16.0. The topological polar surface area (TPSA) is 65.5 Å². The molecule has 5 heteroatoms. The molecule has 1 aliphatic carbocycles. The Morgan fingerprint density at radius 1 is 1.30 bits per heavy atom. The van der Waals surface area contributed by atoms with Crippen LogP contribution in [0.3, 0.4) is 0 Å². The SMILES string of the molecule is CCN1CCC(C(=O)NC(c2cnc3ccccc3c2)C2CC(O)C2)CC1. The van der Waals surface area contributed by atoms with Crippen LogP contribution >= 0.6 is 0 Å². The number of fused-ring (bicyclic) bond motifs is 1. The molecule has 1 aromatic carbocycles. The molecule has 0 spiro atoms. The van der Waals surface area contributed by atoms with Crippen LogP contribution in [-0.2, 0) is 4.79 Å². The van der Waals surface area contributed by atoms with E-state index >= 15 is 0 Å². The number of piperidine rings is 1. The van der Waals surface area contributed by atoms with Crippen LogP contribution in [-0.4, -0.2) is 46.6 Å². The number of aliphatic hydroxyl groups is 1. The number of hydrogen-bond donors (Lipinski definition) is 2. The van der Waals surface area contributed by atoms with Crippen LogP contribution in [0.4, 0.5) is 0 Å². The highest BCUT2D eigenvalue weighted by Gasteiger charge is 2.37. The third-order valence-corrected chi connectivity index (χ3v) is 6.30. The number of para-hydroxylation sites is 1. The summed E-state index contributed by atoms with van der Waals surface area (Å²) in [6.07, 6.45) is 4.98. The average molecular weight is 367 g/mol. The van der Waals surface area contributed by atoms with Crippen LogP contribution in [0, 0.1) is 11.8 Å². The molecule has 1 aromatic heterocycles. The second-order valence-electron chi connectivity index (χ2n) is 8.04. The number of likely N-dealkylation sites (tertiary alicyclic amines) is 1. The van der Waals surface area contributed by atoms with Crippen LogP contribution in [0.25, 0.3) is 10.9 Å². The van der Waals surface area contributed by atoms with Gasteiger partial charge in [0.1, 0.15) is 0 Å². The van der Waals surface area contributed by atoms with E-state index in [1.165, 1.54) is 0 Å². The zero-order chi connectivity index (χ0) is 18.8. The highest BCUT2D eigenvalue weighted by atomic mass is 16.3. The summed E-state index contributed by atoms with van der Waals surface area (Å²) >= 11 is 0. The first-order chi connectivity index (χ1) is 13.1. The molecule has 1 saturated carbocycles. The highest BCUT2D eigenvalue weighted by molar-refractivity contribution is 5.81. The van der Waals surface area contributed by atoms with Gasteiger partial charge in [0.2, 0.25) is 5.91 Å². The molecule has 2 N–H and O–H groups in total. The van der Waals surface area contributed by atoms with E-state index in [-0.39, 0.29) is 29.9 Å². The number of carbonyl (C=O) groups is 1. The van der Waals surface area contributed by atoms with Crippen molar-refractivity contribution in [2.75, 3.05) is 19.6 Å². The van der Waals surface area contributed by atoms with Gasteiger partial charge in [-0.05, 0) is 68.9 Å². The predicted molar refractivity (Wildman–Crippen MR) is 106 cm³/mol. The Bertz CT molecular complexity index is 795. The Hall–Kier alpha value is -1.98. The summed E-state index contributed by atoms with van der Waals surface area (Å²) in [6, 6.07) is 10.1. The van der Waals surface area contributed by atoms with Crippen molar-refractivity contribution < 1.29 is 9.90 Å². The largest absolute Gasteiger partial charge is 0.393 e. The van der Waals surface area contributed by atoms with Crippen LogP contribution in [0.1, 0.15) is 44.2 Å². The zero-order valence-corrected chi connectivity index (χ0v) is 16.0. The van der Waals surface area contributed by atoms with Gasteiger partial charge in [-0.15, -0.1) is 0 Å². The minimum absolute atomic E-state index is 0.0674. The van der Waals surface area contributed by atoms with Gasteiger partial charge in [0.05, 0.1) is 17.7 Å². The minimum atomic E-state index is -0.240. The van der Waals surface area contributed by atoms with Gasteiger partial charge >= 0.3 is 0 Å². The maximum absolute atomic E-state index is 13.0. The fourth-order valence-electron chi connectivity index (χ4n) is 4.42. The van der Waals surface area contributed by atoms with E-state index in [4.69, 9.17) is 0 Å². The maximum Gasteiger partial charge on any atom is 0.223 e. The molecule has 1 atom stereocenters. The summed E-state index contributed by atoms with van der Waals surface area (Å²) in [5, 5.41) is 14.2. The Kier molecular flexibility index (Phi) is 5.41. The maximum atomic E-state index is 13.0. The molecule has 2 aliphatic rings. The Morgan fingerprint density at radius 2 is 2.04 bits per heavy atom. The van der Waals surface area contributed by atoms with E-state index in [1.807, 2.05) is 24.4 Å². The lowest BCUT2D eigenvalue weighted by atomic mass is 9.75. The average Bonchev–Trinajstić information content (AvgIpc) is 2.69. The van der Waals surface area contributed by atoms with Gasteiger partial charge in [-0.3, -0.25) is 9.78 Å². The molecule has 1 unspecified atom stereocenters. The molecule has 2 aromatic rings. The van der Waals surface area contributed by atoms with E-state index in [9.17, 15) is 9.90 Å². The van der Waals surface area contributed by atoms with Crippen molar-refractivity contribution in [3.63, 3.8) is 0 Å². The summed E-state index contributed by atoms with van der Waals surface area (Å²) in [4.78, 5) is 19.9. The normalized spacial score (nSPS) is 25.1. The van der Waals surface area contributed by atoms with Crippen molar-refractivity contribution in [2.45, 2.75) is 44.8 Å². The molecular weight excluding hydrogens is 338 g/mol. The number of pyridine rings is 1. The van der Waals surface area contributed by atoms with Crippen LogP contribution < -0.4 is 5.32 Å². The fourth-order valence-corrected chi connectivity index (χ4v) is 4.42. The van der Waals surface area contributed by atoms with Gasteiger partial charge in [0.25, 0.3) is 0 Å². The van der Waals surface area contributed by atoms with Gasteiger partial charge in [0.15, 0.2) is 0 Å². The molecule has 0 radical (unpaired) electrons. The number of aliphatic hydroxyl groups excluding tert-OH is 1. The molecule has 2 heterocycles. The summed E-state index contributed by atoms with van der Waals surface area (Å²) in [5.41, 5.74) is 2.01. The Labute approximate surface area is 160 Å². The minimum Gasteiger partial charge on any atom is -0.393 e. The fraction of sp³-hybridized carbons (Fsp3) is 0.545. The van der Waals surface area contributed by atoms with Crippen LogP contribution in [0.5, 0.6) is 0 Å². The molecule has 5 nitrogen and oxygen atoms in total. The third kappa shape index (κ3) is 3.99. The first-order valence-corrected chi connectivity index (χ1v) is 10.2. The van der Waals surface area contributed by atoms with Crippen molar-refractivity contribution in [3.05, 3.63) is 42.1 Å². The molecule has 1 amide bonds. The van der Waals surface area contributed by atoms with E-state index in [1.54, 1.807) is 0 Å². The number of nitrogens with one attached hydrogen (secondary N) is 1. The quantitative estimate of drug-likeness (QED) is 0.853. The number of benzene rings is 1. The van der Waals surface area contributed by atoms with Gasteiger partial charge < -0.3 is 15.3 Å². The van der Waals surface area contributed by atoms with E-state index in [0.29, 0.717) is 0 Å². The Morgan fingerprint density at radius 3 is 2.74 bits per heavy atom. The first-order valence-electron chi connectivity index (χ1n) is 10.2. The summed E-state index contributed by atoms with van der Waals surface area (Å²) in [7, 11) is 0. The second kappa shape index (κ2) is 7.95. The summed E-state index contributed by atoms with van der Waals surface area (Å²) in [6.45, 7) is 5.22. The van der Waals surface area contributed by atoms with Gasteiger partial charge in [-0.25, -0.2) is 0 Å². The third-order valence-electron chi connectivity index (χ3n) is 6.30. The smallest absolute Gasteiger partial charge is 0.223 e. The molecule has 27 heavy (non-hydrogen) atoms. The molecule has 4 rings (SSSR count). The molecule has 1 aliphatic heterocycles. The van der Waals surface area contributed by atoms with Crippen molar-refractivity contribution >= 4 is 16.8 Å². The monoisotopic (exact) mass is 367 g/mol. The van der Waals surface area contributed by atoms with E-state index < -0.39 is 0 Å². The lowest BCUT2D eigenvalue weighted by Gasteiger charge is -2.39. The number of carbonyl (C=O) groups excluding carboxylic acids is 1. The first kappa shape index (κ1) is 18.4. The summed E-state index contributed by atoms with van der Waals surface area (Å²) in [5.74, 6) is 0.529. The van der Waals surface area contributed by atoms with E-state index in [0.717, 1.165) is 61.8 Å². The second-order valence-corrected chi connectivity index (χ2v) is 8.04.